The molecule has 0 spiro atoms. The number of anilines is 1. The average molecular weight is 330 g/mol. The summed E-state index contributed by atoms with van der Waals surface area (Å²) in [5, 5.41) is 5.17. The zero-order valence-corrected chi connectivity index (χ0v) is 13.6. The highest BCUT2D eigenvalue weighted by molar-refractivity contribution is 6.08. The van der Waals surface area contributed by atoms with E-state index < -0.39 is 5.91 Å². The van der Waals surface area contributed by atoms with Crippen LogP contribution in [0, 0.1) is 0 Å². The van der Waals surface area contributed by atoms with Crippen molar-refractivity contribution in [2.75, 3.05) is 26.6 Å². The van der Waals surface area contributed by atoms with E-state index in [0.717, 1.165) is 0 Å². The highest BCUT2D eigenvalue weighted by Gasteiger charge is 2.17. The fourth-order valence-corrected chi connectivity index (χ4v) is 2.02. The number of benzene rings is 1. The number of carbonyl (C=O) groups excluding carboxylic acids is 2. The number of rotatable bonds is 6. The van der Waals surface area contributed by atoms with E-state index in [-0.39, 0.29) is 11.5 Å². The molecule has 0 unspecified atom stereocenters. The first-order chi connectivity index (χ1) is 11.6. The van der Waals surface area contributed by atoms with Gasteiger partial charge in [0.2, 0.25) is 5.91 Å². The van der Waals surface area contributed by atoms with Gasteiger partial charge in [0.25, 0.3) is 5.91 Å². The van der Waals surface area contributed by atoms with Gasteiger partial charge < -0.3 is 24.5 Å². The second-order valence-corrected chi connectivity index (χ2v) is 4.67. The number of ether oxygens (including phenoxy) is 2. The molecule has 2 N–H and O–H groups in total. The number of furan rings is 1. The molecule has 126 valence electrons. The van der Waals surface area contributed by atoms with Gasteiger partial charge in [-0.15, -0.1) is 0 Å². The Morgan fingerprint density at radius 3 is 2.46 bits per heavy atom. The summed E-state index contributed by atoms with van der Waals surface area (Å²) in [7, 11) is 4.44. The van der Waals surface area contributed by atoms with Crippen LogP contribution in [-0.2, 0) is 4.79 Å². The zero-order chi connectivity index (χ0) is 17.5. The fourth-order valence-electron chi connectivity index (χ4n) is 2.02. The van der Waals surface area contributed by atoms with Crippen LogP contribution in [-0.4, -0.2) is 33.1 Å². The van der Waals surface area contributed by atoms with Crippen molar-refractivity contribution in [1.82, 2.24) is 5.32 Å². The third-order valence-electron chi connectivity index (χ3n) is 3.20. The standard InChI is InChI=1S/C17H18N2O5/c1-18-17(21)12-9-14(22-2)15(23-3)10-13(12)19-16(20)7-6-11-5-4-8-24-11/h4-10H,1-3H3,(H,18,21)(H,19,20). The summed E-state index contributed by atoms with van der Waals surface area (Å²) in [5.74, 6) is 0.560. The van der Waals surface area contributed by atoms with Crippen LogP contribution in [0.4, 0.5) is 5.69 Å². The van der Waals surface area contributed by atoms with Gasteiger partial charge in [0.15, 0.2) is 11.5 Å². The van der Waals surface area contributed by atoms with Gasteiger partial charge in [-0.1, -0.05) is 0 Å². The van der Waals surface area contributed by atoms with Crippen LogP contribution in [0.3, 0.4) is 0 Å². The Morgan fingerprint density at radius 2 is 1.88 bits per heavy atom. The Balaban J connectivity index is 2.29. The van der Waals surface area contributed by atoms with Gasteiger partial charge in [-0.2, -0.15) is 0 Å². The van der Waals surface area contributed by atoms with Crippen molar-refractivity contribution in [2.45, 2.75) is 0 Å². The summed E-state index contributed by atoms with van der Waals surface area (Å²) in [6.45, 7) is 0. The summed E-state index contributed by atoms with van der Waals surface area (Å²) < 4.78 is 15.5. The second kappa shape index (κ2) is 7.87. The van der Waals surface area contributed by atoms with Crippen LogP contribution in [0.15, 0.2) is 41.0 Å². The van der Waals surface area contributed by atoms with Crippen molar-refractivity contribution in [1.29, 1.82) is 0 Å². The monoisotopic (exact) mass is 330 g/mol. The predicted molar refractivity (Wildman–Crippen MR) is 89.3 cm³/mol. The van der Waals surface area contributed by atoms with Crippen molar-refractivity contribution in [3.05, 3.63) is 47.9 Å². The maximum Gasteiger partial charge on any atom is 0.253 e. The van der Waals surface area contributed by atoms with Gasteiger partial charge in [0.05, 0.1) is 31.7 Å². The van der Waals surface area contributed by atoms with Crippen LogP contribution < -0.4 is 20.1 Å². The van der Waals surface area contributed by atoms with E-state index in [9.17, 15) is 9.59 Å². The molecule has 7 nitrogen and oxygen atoms in total. The lowest BCUT2D eigenvalue weighted by atomic mass is 10.1. The molecule has 0 saturated carbocycles. The smallest absolute Gasteiger partial charge is 0.253 e. The van der Waals surface area contributed by atoms with E-state index >= 15 is 0 Å². The third-order valence-corrected chi connectivity index (χ3v) is 3.20. The van der Waals surface area contributed by atoms with Gasteiger partial charge >= 0.3 is 0 Å². The Labute approximate surface area is 139 Å². The minimum Gasteiger partial charge on any atom is -0.493 e. The molecule has 1 aromatic carbocycles. The van der Waals surface area contributed by atoms with E-state index in [1.807, 2.05) is 0 Å². The summed E-state index contributed by atoms with van der Waals surface area (Å²) in [5.41, 5.74) is 0.566. The molecule has 0 bridgehead atoms. The molecule has 1 heterocycles. The number of carbonyl (C=O) groups is 2. The summed E-state index contributed by atoms with van der Waals surface area (Å²) in [4.78, 5) is 24.1. The normalized spacial score (nSPS) is 10.5. The van der Waals surface area contributed by atoms with E-state index in [1.165, 1.54) is 51.8 Å². The Hall–Kier alpha value is -3.22. The lowest BCUT2D eigenvalue weighted by Crippen LogP contribution is -2.21. The van der Waals surface area contributed by atoms with Crippen molar-refractivity contribution in [3.63, 3.8) is 0 Å². The van der Waals surface area contributed by atoms with Crippen LogP contribution in [0.5, 0.6) is 11.5 Å². The van der Waals surface area contributed by atoms with Gasteiger partial charge in [-0.05, 0) is 24.3 Å². The average Bonchev–Trinajstić information content (AvgIpc) is 3.12. The van der Waals surface area contributed by atoms with E-state index in [4.69, 9.17) is 13.9 Å². The summed E-state index contributed by atoms with van der Waals surface area (Å²) in [6, 6.07) is 6.47. The van der Waals surface area contributed by atoms with Crippen molar-refractivity contribution in [3.8, 4) is 11.5 Å². The number of methoxy groups -OCH3 is 2. The molecule has 0 aliphatic carbocycles. The van der Waals surface area contributed by atoms with Crippen molar-refractivity contribution in [2.24, 2.45) is 0 Å². The minimum atomic E-state index is -0.413. The summed E-state index contributed by atoms with van der Waals surface area (Å²) in [6.07, 6.45) is 4.34. The van der Waals surface area contributed by atoms with Gasteiger partial charge in [-0.25, -0.2) is 0 Å². The van der Waals surface area contributed by atoms with E-state index in [1.54, 1.807) is 12.1 Å². The van der Waals surface area contributed by atoms with Gasteiger partial charge in [0, 0.05) is 19.2 Å². The van der Waals surface area contributed by atoms with Crippen LogP contribution in [0.25, 0.3) is 6.08 Å². The Morgan fingerprint density at radius 1 is 1.17 bits per heavy atom. The highest BCUT2D eigenvalue weighted by atomic mass is 16.5. The van der Waals surface area contributed by atoms with Crippen LogP contribution in [0.1, 0.15) is 16.1 Å². The number of hydrogen-bond acceptors (Lipinski definition) is 5. The maximum atomic E-state index is 12.1. The minimum absolute atomic E-state index is 0.259. The quantitative estimate of drug-likeness (QED) is 0.793. The molecule has 1 aromatic heterocycles. The SMILES string of the molecule is CNC(=O)c1cc(OC)c(OC)cc1NC(=O)C=Cc1ccco1. The lowest BCUT2D eigenvalue weighted by Gasteiger charge is -2.14. The van der Waals surface area contributed by atoms with E-state index in [2.05, 4.69) is 10.6 Å². The first kappa shape index (κ1) is 17.1. The van der Waals surface area contributed by atoms with Crippen LogP contribution in [0.2, 0.25) is 0 Å². The first-order valence-electron chi connectivity index (χ1n) is 7.09. The second-order valence-electron chi connectivity index (χ2n) is 4.67. The van der Waals surface area contributed by atoms with Crippen molar-refractivity contribution >= 4 is 23.6 Å². The number of hydrogen-bond donors (Lipinski definition) is 2. The molecule has 0 atom stereocenters. The molecular weight excluding hydrogens is 312 g/mol. The topological polar surface area (TPSA) is 89.8 Å². The fraction of sp³-hybridized carbons (Fsp3) is 0.176. The van der Waals surface area contributed by atoms with Gasteiger partial charge in [0.1, 0.15) is 5.76 Å². The molecule has 2 amide bonds. The molecule has 0 aliphatic rings. The maximum absolute atomic E-state index is 12.1. The molecule has 2 rings (SSSR count). The van der Waals surface area contributed by atoms with E-state index in [0.29, 0.717) is 22.9 Å². The van der Waals surface area contributed by atoms with Crippen molar-refractivity contribution < 1.29 is 23.5 Å². The highest BCUT2D eigenvalue weighted by Crippen LogP contribution is 2.33. The largest absolute Gasteiger partial charge is 0.493 e. The molecule has 0 radical (unpaired) electrons. The third kappa shape index (κ3) is 3.95. The number of nitrogens with one attached hydrogen (secondary N) is 2. The Bertz CT molecular complexity index is 751. The molecular formula is C17H18N2O5. The zero-order valence-electron chi connectivity index (χ0n) is 13.6. The number of amides is 2. The van der Waals surface area contributed by atoms with Gasteiger partial charge in [-0.3, -0.25) is 9.59 Å². The molecule has 0 saturated heterocycles. The molecule has 0 aliphatic heterocycles. The Kier molecular flexibility index (Phi) is 5.62. The summed E-state index contributed by atoms with van der Waals surface area (Å²) >= 11 is 0. The molecule has 2 aromatic rings. The predicted octanol–water partition coefficient (Wildman–Crippen LogP) is 2.31. The molecule has 24 heavy (non-hydrogen) atoms. The first-order valence-corrected chi connectivity index (χ1v) is 7.09. The van der Waals surface area contributed by atoms with Crippen LogP contribution >= 0.6 is 0 Å². The molecule has 0 fully saturated rings. The lowest BCUT2D eigenvalue weighted by molar-refractivity contribution is -0.111. The molecule has 7 heteroatoms.